The first-order chi connectivity index (χ1) is 17.1. The third kappa shape index (κ3) is 6.53. The van der Waals surface area contributed by atoms with Crippen LogP contribution >= 0.6 is 11.7 Å². The van der Waals surface area contributed by atoms with Gasteiger partial charge in [0.05, 0.1) is 31.0 Å². The van der Waals surface area contributed by atoms with Gasteiger partial charge in [-0.2, -0.15) is 8.75 Å². The summed E-state index contributed by atoms with van der Waals surface area (Å²) < 4.78 is 14.3. The molecule has 0 aliphatic heterocycles. The van der Waals surface area contributed by atoms with Gasteiger partial charge in [-0.3, -0.25) is 14.4 Å². The van der Waals surface area contributed by atoms with Gasteiger partial charge in [-0.15, -0.1) is 0 Å². The lowest BCUT2D eigenvalue weighted by atomic mass is 10.0. The number of rotatable bonds is 11. The average molecular weight is 486 g/mol. The Labute approximate surface area is 207 Å². The fraction of sp³-hybridized carbons (Fsp3) is 0.148. The molecule has 35 heavy (non-hydrogen) atoms. The number of nitrogens with one attached hydrogen (secondary N) is 1. The van der Waals surface area contributed by atoms with Gasteiger partial charge in [-0.1, -0.05) is 78.9 Å². The van der Waals surface area contributed by atoms with Crippen LogP contribution in [0, 0.1) is 0 Å². The Morgan fingerprint density at radius 1 is 0.857 bits per heavy atom. The smallest absolute Gasteiger partial charge is 0.273 e. The van der Waals surface area contributed by atoms with Crippen LogP contribution in [-0.2, 0) is 34.0 Å². The molecule has 4 rings (SSSR count). The number of aldehydes is 1. The van der Waals surface area contributed by atoms with Gasteiger partial charge < -0.3 is 10.1 Å². The highest BCUT2D eigenvalue weighted by atomic mass is 32.1. The average Bonchev–Trinajstić information content (AvgIpc) is 3.40. The van der Waals surface area contributed by atoms with Crippen molar-refractivity contribution in [2.45, 2.75) is 25.7 Å². The summed E-state index contributed by atoms with van der Waals surface area (Å²) in [5, 5.41) is 2.66. The maximum absolute atomic E-state index is 13.0. The van der Waals surface area contributed by atoms with Gasteiger partial charge in [0, 0.05) is 12.0 Å². The maximum Gasteiger partial charge on any atom is 0.273 e. The lowest BCUT2D eigenvalue weighted by Gasteiger charge is -2.15. The molecule has 0 aliphatic carbocycles. The monoisotopic (exact) mass is 485 g/mol. The van der Waals surface area contributed by atoms with Crippen LogP contribution in [0.25, 0.3) is 11.3 Å². The molecule has 176 valence electrons. The molecule has 0 saturated carbocycles. The molecule has 1 N–H and O–H groups in total. The van der Waals surface area contributed by atoms with Crippen molar-refractivity contribution in [3.05, 3.63) is 107 Å². The van der Waals surface area contributed by atoms with E-state index in [4.69, 9.17) is 4.74 Å². The zero-order chi connectivity index (χ0) is 24.5. The minimum atomic E-state index is -0.991. The Bertz CT molecular complexity index is 1290. The fourth-order valence-electron chi connectivity index (χ4n) is 3.58. The van der Waals surface area contributed by atoms with Gasteiger partial charge in [0.2, 0.25) is 5.78 Å². The molecule has 3 aromatic carbocycles. The summed E-state index contributed by atoms with van der Waals surface area (Å²) in [5.74, 6) is -1.26. The van der Waals surface area contributed by atoms with Crippen molar-refractivity contribution in [3.8, 4) is 11.3 Å². The second-order valence-electron chi connectivity index (χ2n) is 7.88. The van der Waals surface area contributed by atoms with Crippen molar-refractivity contribution in [1.29, 1.82) is 0 Å². The van der Waals surface area contributed by atoms with Crippen LogP contribution in [0.15, 0.2) is 84.9 Å². The number of carbonyl (C=O) groups is 3. The Morgan fingerprint density at radius 2 is 1.51 bits per heavy atom. The Balaban J connectivity index is 1.46. The van der Waals surface area contributed by atoms with E-state index in [-0.39, 0.29) is 18.4 Å². The molecular formula is C27H23N3O4S. The number of carbonyl (C=O) groups excluding carboxylic acids is 3. The van der Waals surface area contributed by atoms with E-state index in [1.165, 1.54) is 0 Å². The third-order valence-electron chi connectivity index (χ3n) is 5.33. The van der Waals surface area contributed by atoms with E-state index in [1.54, 1.807) is 0 Å². The number of benzene rings is 3. The number of ketones is 1. The van der Waals surface area contributed by atoms with Crippen molar-refractivity contribution in [1.82, 2.24) is 14.1 Å². The predicted molar refractivity (Wildman–Crippen MR) is 133 cm³/mol. The SMILES string of the molecule is O=CC(=O)C(Cc1ccccc1)NC(=O)c1nsnc1-c1cccc(COCc2ccccc2)c1. The molecule has 0 aliphatic rings. The summed E-state index contributed by atoms with van der Waals surface area (Å²) in [6.07, 6.45) is 0.429. The van der Waals surface area contributed by atoms with E-state index in [2.05, 4.69) is 14.1 Å². The molecular weight excluding hydrogens is 462 g/mol. The molecule has 1 aromatic heterocycles. The minimum Gasteiger partial charge on any atom is -0.372 e. The van der Waals surface area contributed by atoms with Gasteiger partial charge in [0.15, 0.2) is 12.0 Å². The molecule has 0 saturated heterocycles. The van der Waals surface area contributed by atoms with Crippen LogP contribution in [0.2, 0.25) is 0 Å². The zero-order valence-electron chi connectivity index (χ0n) is 18.8. The standard InChI is InChI=1S/C27H23N3O4S/c31-16-24(32)23(15-19-8-3-1-4-9-19)28-27(33)26-25(29-35-30-26)22-13-7-12-21(14-22)18-34-17-20-10-5-2-6-11-20/h1-14,16,23H,15,17-18H2,(H,28,33). The first-order valence-electron chi connectivity index (χ1n) is 11.0. The molecule has 0 radical (unpaired) electrons. The topological polar surface area (TPSA) is 98.2 Å². The third-order valence-corrected chi connectivity index (χ3v) is 5.86. The highest BCUT2D eigenvalue weighted by molar-refractivity contribution is 6.99. The van der Waals surface area contributed by atoms with E-state index < -0.39 is 17.7 Å². The van der Waals surface area contributed by atoms with Crippen LogP contribution in [0.4, 0.5) is 0 Å². The summed E-state index contributed by atoms with van der Waals surface area (Å²) in [7, 11) is 0. The van der Waals surface area contributed by atoms with Crippen molar-refractivity contribution >= 4 is 29.7 Å². The van der Waals surface area contributed by atoms with Crippen LogP contribution < -0.4 is 5.32 Å². The number of aromatic nitrogens is 2. The summed E-state index contributed by atoms with van der Waals surface area (Å²) in [6, 6.07) is 25.6. The van der Waals surface area contributed by atoms with Crippen molar-refractivity contribution < 1.29 is 19.1 Å². The quantitative estimate of drug-likeness (QED) is 0.254. The second kappa shape index (κ2) is 11.9. The van der Waals surface area contributed by atoms with E-state index in [0.29, 0.717) is 24.5 Å². The Morgan fingerprint density at radius 3 is 2.23 bits per heavy atom. The number of ether oxygens (including phenoxy) is 1. The summed E-state index contributed by atoms with van der Waals surface area (Å²) in [4.78, 5) is 36.4. The van der Waals surface area contributed by atoms with Crippen molar-refractivity contribution in [3.63, 3.8) is 0 Å². The molecule has 1 amide bonds. The first-order valence-corrected chi connectivity index (χ1v) is 11.7. The number of nitrogens with zero attached hydrogens (tertiary/aromatic N) is 2. The van der Waals surface area contributed by atoms with Crippen LogP contribution in [0.5, 0.6) is 0 Å². The molecule has 0 spiro atoms. The van der Waals surface area contributed by atoms with Gasteiger partial charge in [0.25, 0.3) is 5.91 Å². The molecule has 1 heterocycles. The van der Waals surface area contributed by atoms with Crippen LogP contribution in [-0.4, -0.2) is 32.8 Å². The summed E-state index contributed by atoms with van der Waals surface area (Å²) in [6.45, 7) is 0.888. The number of hydrogen-bond donors (Lipinski definition) is 1. The first kappa shape index (κ1) is 24.1. The molecule has 1 atom stereocenters. The van der Waals surface area contributed by atoms with E-state index in [0.717, 1.165) is 28.4 Å². The van der Waals surface area contributed by atoms with E-state index in [9.17, 15) is 14.4 Å². The van der Waals surface area contributed by atoms with Crippen LogP contribution in [0.3, 0.4) is 0 Å². The summed E-state index contributed by atoms with van der Waals surface area (Å²) in [5.41, 5.74) is 4.07. The van der Waals surface area contributed by atoms with Crippen LogP contribution in [0.1, 0.15) is 27.2 Å². The van der Waals surface area contributed by atoms with E-state index >= 15 is 0 Å². The zero-order valence-corrected chi connectivity index (χ0v) is 19.6. The second-order valence-corrected chi connectivity index (χ2v) is 8.40. The lowest BCUT2D eigenvalue weighted by Crippen LogP contribution is -2.43. The largest absolute Gasteiger partial charge is 0.372 e. The number of Topliss-reactive ketones (excluding diaryl/α,β-unsaturated/α-hetero) is 1. The molecule has 0 fully saturated rings. The maximum atomic E-state index is 13.0. The van der Waals surface area contributed by atoms with Gasteiger partial charge in [-0.05, 0) is 22.8 Å². The van der Waals surface area contributed by atoms with Crippen molar-refractivity contribution in [2.24, 2.45) is 0 Å². The van der Waals surface area contributed by atoms with Gasteiger partial charge in [-0.25, -0.2) is 0 Å². The number of hydrogen-bond acceptors (Lipinski definition) is 7. The van der Waals surface area contributed by atoms with E-state index in [1.807, 2.05) is 84.9 Å². The highest BCUT2D eigenvalue weighted by Crippen LogP contribution is 2.24. The molecule has 7 nitrogen and oxygen atoms in total. The normalized spacial score (nSPS) is 11.5. The highest BCUT2D eigenvalue weighted by Gasteiger charge is 2.25. The molecule has 4 aromatic rings. The molecule has 8 heteroatoms. The minimum absolute atomic E-state index is 0.106. The fourth-order valence-corrected chi connectivity index (χ4v) is 4.14. The molecule has 1 unspecified atom stereocenters. The van der Waals surface area contributed by atoms with Gasteiger partial charge >= 0.3 is 0 Å². The van der Waals surface area contributed by atoms with Crippen molar-refractivity contribution in [2.75, 3.05) is 0 Å². The predicted octanol–water partition coefficient (Wildman–Crippen LogP) is 4.03. The molecule has 0 bridgehead atoms. The summed E-state index contributed by atoms with van der Waals surface area (Å²) >= 11 is 0.909. The Kier molecular flexibility index (Phi) is 8.21. The Hall–Kier alpha value is -4.01. The number of amides is 1. The lowest BCUT2D eigenvalue weighted by molar-refractivity contribution is -0.131. The van der Waals surface area contributed by atoms with Gasteiger partial charge in [0.1, 0.15) is 5.69 Å².